The molecule has 20 heavy (non-hydrogen) atoms. The molecule has 1 aliphatic rings. The van der Waals surface area contributed by atoms with Crippen molar-refractivity contribution in [3.05, 3.63) is 29.3 Å². The van der Waals surface area contributed by atoms with Crippen LogP contribution in [-0.2, 0) is 11.0 Å². The molecule has 0 aromatic heterocycles. The lowest BCUT2D eigenvalue weighted by Gasteiger charge is -2.14. The summed E-state index contributed by atoms with van der Waals surface area (Å²) in [7, 11) is 0. The lowest BCUT2D eigenvalue weighted by Crippen LogP contribution is -2.21. The number of amidine groups is 1. The summed E-state index contributed by atoms with van der Waals surface area (Å²) in [5, 5.41) is 13.5. The van der Waals surface area contributed by atoms with Gasteiger partial charge in [0.05, 0.1) is 5.56 Å². The predicted molar refractivity (Wildman–Crippen MR) is 65.3 cm³/mol. The zero-order valence-corrected chi connectivity index (χ0v) is 10.2. The molecule has 0 atom stereocenters. The van der Waals surface area contributed by atoms with Crippen molar-refractivity contribution in [1.29, 1.82) is 0 Å². The summed E-state index contributed by atoms with van der Waals surface area (Å²) >= 11 is 0. The van der Waals surface area contributed by atoms with Gasteiger partial charge in [0.2, 0.25) is 5.91 Å². The number of carbonyl (C=O) groups is 1. The Morgan fingerprint density at radius 3 is 2.55 bits per heavy atom. The highest BCUT2D eigenvalue weighted by Gasteiger charge is 2.35. The smallest absolute Gasteiger partial charge is 0.409 e. The normalized spacial score (nSPS) is 16.1. The van der Waals surface area contributed by atoms with Crippen LogP contribution >= 0.6 is 0 Å². The van der Waals surface area contributed by atoms with Crippen LogP contribution in [0.15, 0.2) is 23.4 Å². The van der Waals surface area contributed by atoms with Gasteiger partial charge in [-0.2, -0.15) is 13.2 Å². The lowest BCUT2D eigenvalue weighted by molar-refractivity contribution is -0.137. The number of nitrogens with two attached hydrogens (primary N) is 1. The van der Waals surface area contributed by atoms with E-state index in [9.17, 15) is 18.0 Å². The van der Waals surface area contributed by atoms with Crippen molar-refractivity contribution in [1.82, 2.24) is 0 Å². The highest BCUT2D eigenvalue weighted by Crippen LogP contribution is 2.35. The minimum absolute atomic E-state index is 0.0312. The summed E-state index contributed by atoms with van der Waals surface area (Å²) in [6, 6.07) is 3.11. The molecule has 0 bridgehead atoms. The van der Waals surface area contributed by atoms with Gasteiger partial charge in [0.25, 0.3) is 0 Å². The number of benzene rings is 1. The van der Waals surface area contributed by atoms with Gasteiger partial charge in [-0.15, -0.1) is 0 Å². The Hall–Kier alpha value is -2.25. The van der Waals surface area contributed by atoms with Gasteiger partial charge in [0.1, 0.15) is 0 Å². The average molecular weight is 287 g/mol. The van der Waals surface area contributed by atoms with Gasteiger partial charge >= 0.3 is 6.18 Å². The van der Waals surface area contributed by atoms with Crippen molar-refractivity contribution < 1.29 is 23.2 Å². The Bertz CT molecular complexity index is 566. The molecule has 0 heterocycles. The predicted octanol–water partition coefficient (Wildman–Crippen LogP) is 2.15. The van der Waals surface area contributed by atoms with E-state index in [0.29, 0.717) is 0 Å². The lowest BCUT2D eigenvalue weighted by atomic mass is 10.0. The molecule has 1 saturated carbocycles. The summed E-state index contributed by atoms with van der Waals surface area (Å²) in [5.74, 6) is -1.06. The van der Waals surface area contributed by atoms with Crippen LogP contribution in [0, 0.1) is 5.92 Å². The molecule has 5 nitrogen and oxygen atoms in total. The fourth-order valence-corrected chi connectivity index (χ4v) is 1.72. The number of amides is 1. The van der Waals surface area contributed by atoms with Crippen molar-refractivity contribution in [3.63, 3.8) is 0 Å². The fourth-order valence-electron chi connectivity index (χ4n) is 1.72. The molecule has 0 unspecified atom stereocenters. The maximum absolute atomic E-state index is 12.9. The number of rotatable bonds is 3. The van der Waals surface area contributed by atoms with E-state index in [1.807, 2.05) is 0 Å². The van der Waals surface area contributed by atoms with Crippen LogP contribution in [0.1, 0.15) is 24.0 Å². The second-order valence-corrected chi connectivity index (χ2v) is 4.51. The number of nitrogens with zero attached hydrogens (tertiary/aromatic N) is 1. The highest BCUT2D eigenvalue weighted by atomic mass is 19.4. The number of oxime groups is 1. The third kappa shape index (κ3) is 3.01. The summed E-state index contributed by atoms with van der Waals surface area (Å²) in [6.45, 7) is 0. The van der Waals surface area contributed by atoms with Crippen molar-refractivity contribution in [3.8, 4) is 0 Å². The Balaban J connectivity index is 2.35. The first-order valence-corrected chi connectivity index (χ1v) is 5.83. The second kappa shape index (κ2) is 5.03. The van der Waals surface area contributed by atoms with Crippen LogP contribution in [0.25, 0.3) is 0 Å². The molecule has 8 heteroatoms. The summed E-state index contributed by atoms with van der Waals surface area (Å²) in [5.41, 5.74) is 3.74. The molecule has 0 saturated heterocycles. The number of hydrogen-bond acceptors (Lipinski definition) is 3. The quantitative estimate of drug-likeness (QED) is 0.344. The first kappa shape index (κ1) is 14.2. The molecule has 1 aliphatic carbocycles. The van der Waals surface area contributed by atoms with Crippen LogP contribution in [0.5, 0.6) is 0 Å². The van der Waals surface area contributed by atoms with Crippen LogP contribution in [-0.4, -0.2) is 17.0 Å². The Kier molecular flexibility index (Phi) is 3.56. The van der Waals surface area contributed by atoms with E-state index in [4.69, 9.17) is 10.9 Å². The average Bonchev–Trinajstić information content (AvgIpc) is 3.21. The Labute approximate surface area is 112 Å². The summed E-state index contributed by atoms with van der Waals surface area (Å²) in [4.78, 5) is 11.5. The molecule has 0 aliphatic heterocycles. The zero-order valence-electron chi connectivity index (χ0n) is 10.2. The molecule has 0 spiro atoms. The molecular weight excluding hydrogens is 275 g/mol. The van der Waals surface area contributed by atoms with Gasteiger partial charge < -0.3 is 16.3 Å². The van der Waals surface area contributed by atoms with Gasteiger partial charge in [-0.3, -0.25) is 4.79 Å². The third-order valence-corrected chi connectivity index (χ3v) is 2.92. The van der Waals surface area contributed by atoms with E-state index in [1.54, 1.807) is 0 Å². The number of halogens is 3. The van der Waals surface area contributed by atoms with Gasteiger partial charge in [0, 0.05) is 17.2 Å². The molecular formula is C12H12F3N3O2. The molecule has 108 valence electrons. The van der Waals surface area contributed by atoms with Crippen molar-refractivity contribution in [2.45, 2.75) is 19.0 Å². The second-order valence-electron chi connectivity index (χ2n) is 4.51. The molecule has 1 aromatic carbocycles. The summed E-state index contributed by atoms with van der Waals surface area (Å²) in [6.07, 6.45) is -3.18. The van der Waals surface area contributed by atoms with Crippen LogP contribution in [0.4, 0.5) is 18.9 Å². The van der Waals surface area contributed by atoms with Crippen LogP contribution in [0.3, 0.4) is 0 Å². The zero-order chi connectivity index (χ0) is 14.9. The van der Waals surface area contributed by atoms with Crippen molar-refractivity contribution in [2.75, 3.05) is 5.32 Å². The first-order chi connectivity index (χ1) is 9.32. The number of carbonyl (C=O) groups excluding carboxylic acids is 1. The number of nitrogens with one attached hydrogen (secondary N) is 1. The first-order valence-electron chi connectivity index (χ1n) is 5.83. The molecule has 4 N–H and O–H groups in total. The van der Waals surface area contributed by atoms with Crippen molar-refractivity contribution >= 4 is 17.4 Å². The van der Waals surface area contributed by atoms with E-state index in [-0.39, 0.29) is 17.5 Å². The van der Waals surface area contributed by atoms with E-state index in [0.717, 1.165) is 25.0 Å². The van der Waals surface area contributed by atoms with E-state index in [1.165, 1.54) is 6.07 Å². The van der Waals surface area contributed by atoms with Gasteiger partial charge in [0.15, 0.2) is 5.84 Å². The SMILES string of the molecule is NC(=NO)c1ccc(NC(=O)C2CC2)cc1C(F)(F)F. The standard InChI is InChI=1S/C12H12F3N3O2/c13-12(14,15)9-5-7(17-11(19)6-1-2-6)3-4-8(9)10(16)18-20/h3-6,20H,1-2H2,(H2,16,18)(H,17,19). The highest BCUT2D eigenvalue weighted by molar-refractivity contribution is 6.00. The van der Waals surface area contributed by atoms with Gasteiger partial charge in [-0.05, 0) is 31.0 Å². The molecule has 0 radical (unpaired) electrons. The maximum atomic E-state index is 12.9. The van der Waals surface area contributed by atoms with Gasteiger partial charge in [-0.25, -0.2) is 0 Å². The maximum Gasteiger partial charge on any atom is 0.417 e. The monoisotopic (exact) mass is 287 g/mol. The summed E-state index contributed by atoms with van der Waals surface area (Å²) < 4.78 is 38.8. The van der Waals surface area contributed by atoms with Crippen LogP contribution in [0.2, 0.25) is 0 Å². The molecule has 1 fully saturated rings. The van der Waals surface area contributed by atoms with E-state index < -0.39 is 23.1 Å². The van der Waals surface area contributed by atoms with Crippen molar-refractivity contribution in [2.24, 2.45) is 16.8 Å². The Morgan fingerprint density at radius 1 is 1.40 bits per heavy atom. The fraction of sp³-hybridized carbons (Fsp3) is 0.333. The number of alkyl halides is 3. The largest absolute Gasteiger partial charge is 0.417 e. The van der Waals surface area contributed by atoms with E-state index in [2.05, 4.69) is 10.5 Å². The van der Waals surface area contributed by atoms with E-state index >= 15 is 0 Å². The molecule has 1 amide bonds. The van der Waals surface area contributed by atoms with Crippen LogP contribution < -0.4 is 11.1 Å². The minimum Gasteiger partial charge on any atom is -0.409 e. The van der Waals surface area contributed by atoms with Gasteiger partial charge in [-0.1, -0.05) is 5.16 Å². The molecule has 1 aromatic rings. The number of hydrogen-bond donors (Lipinski definition) is 3. The Morgan fingerprint density at radius 2 is 2.05 bits per heavy atom. The third-order valence-electron chi connectivity index (χ3n) is 2.92. The topological polar surface area (TPSA) is 87.7 Å². The molecule has 2 rings (SSSR count). The number of anilines is 1. The minimum atomic E-state index is -4.68.